The van der Waals surface area contributed by atoms with Crippen molar-refractivity contribution in [2.24, 2.45) is 0 Å². The standard InChI is InChI=1S/C28H37ClFN6O7P/c1-16(2)41-27(38)17(3)35-44(39,43-20-11-6-5-7-12-20)40-14-28(13-29)23(37)21(30)26(42-28)36-15-31-22-24(34-19-9-8-10-19)32-18(4)33-25(22)36/h5-7,11-12,15-17,19,21,23,26,37H,8-10,13-14H2,1-4H3,(H,35,39)(H,32,33,34)/t17-,21+,23-,26+,28+,44+/m0/s1. The Morgan fingerprint density at radius 2 is 2.00 bits per heavy atom. The third-order valence-electron chi connectivity index (χ3n) is 7.45. The number of aliphatic hydroxyl groups excluding tert-OH is 1. The number of anilines is 1. The van der Waals surface area contributed by atoms with E-state index in [1.807, 2.05) is 0 Å². The summed E-state index contributed by atoms with van der Waals surface area (Å²) < 4.78 is 53.9. The maximum atomic E-state index is 15.9. The van der Waals surface area contributed by atoms with Gasteiger partial charge in [0.15, 0.2) is 29.4 Å². The molecule has 1 aromatic carbocycles. The molecule has 3 aromatic rings. The summed E-state index contributed by atoms with van der Waals surface area (Å²) in [4.78, 5) is 25.8. The van der Waals surface area contributed by atoms with Crippen LogP contribution in [0.2, 0.25) is 0 Å². The van der Waals surface area contributed by atoms with Crippen LogP contribution in [0.4, 0.5) is 10.2 Å². The largest absolute Gasteiger partial charge is 0.462 e. The maximum Gasteiger partial charge on any atom is 0.459 e. The minimum Gasteiger partial charge on any atom is -0.462 e. The molecule has 2 fully saturated rings. The van der Waals surface area contributed by atoms with Gasteiger partial charge in [0.2, 0.25) is 0 Å². The summed E-state index contributed by atoms with van der Waals surface area (Å²) in [6.07, 6.45) is -1.09. The van der Waals surface area contributed by atoms with Crippen LogP contribution in [0.5, 0.6) is 5.75 Å². The van der Waals surface area contributed by atoms with Gasteiger partial charge in [0.25, 0.3) is 0 Å². The second-order valence-electron chi connectivity index (χ2n) is 11.3. The van der Waals surface area contributed by atoms with E-state index in [9.17, 15) is 14.5 Å². The third-order valence-corrected chi connectivity index (χ3v) is 9.53. The molecule has 2 aromatic heterocycles. The Labute approximate surface area is 259 Å². The Bertz CT molecular complexity index is 1510. The van der Waals surface area contributed by atoms with Crippen molar-refractivity contribution >= 4 is 42.3 Å². The lowest BCUT2D eigenvalue weighted by atomic mass is 9.93. The fourth-order valence-corrected chi connectivity index (χ4v) is 6.73. The van der Waals surface area contributed by atoms with E-state index in [2.05, 4.69) is 25.4 Å². The number of rotatable bonds is 13. The average Bonchev–Trinajstić information content (AvgIpc) is 3.48. The molecule has 0 spiro atoms. The zero-order chi connectivity index (χ0) is 31.6. The Morgan fingerprint density at radius 1 is 1.27 bits per heavy atom. The number of imidazole rings is 1. The van der Waals surface area contributed by atoms with E-state index < -0.39 is 62.5 Å². The molecule has 5 rings (SSSR count). The first-order valence-electron chi connectivity index (χ1n) is 14.4. The second-order valence-corrected chi connectivity index (χ2v) is 13.3. The number of aliphatic hydroxyl groups is 1. The van der Waals surface area contributed by atoms with Crippen LogP contribution in [0.25, 0.3) is 11.2 Å². The molecule has 3 N–H and O–H groups in total. The van der Waals surface area contributed by atoms with Crippen LogP contribution in [0.1, 0.15) is 52.1 Å². The van der Waals surface area contributed by atoms with Crippen LogP contribution < -0.4 is 14.9 Å². The predicted molar refractivity (Wildman–Crippen MR) is 160 cm³/mol. The van der Waals surface area contributed by atoms with Gasteiger partial charge in [-0.15, -0.1) is 11.6 Å². The first-order chi connectivity index (χ1) is 20.9. The topological polar surface area (TPSA) is 159 Å². The van der Waals surface area contributed by atoms with Gasteiger partial charge in [-0.2, -0.15) is 5.09 Å². The first-order valence-corrected chi connectivity index (χ1v) is 16.5. The van der Waals surface area contributed by atoms with Crippen LogP contribution in [0, 0.1) is 6.92 Å². The Hall–Kier alpha value is -2.87. The van der Waals surface area contributed by atoms with Crippen molar-refractivity contribution in [1.82, 2.24) is 24.6 Å². The minimum absolute atomic E-state index is 0.174. The van der Waals surface area contributed by atoms with Crippen LogP contribution in [0.3, 0.4) is 0 Å². The molecule has 2 aliphatic rings. The number of hydrogen-bond donors (Lipinski definition) is 3. The fourth-order valence-electron chi connectivity index (χ4n) is 4.89. The van der Waals surface area contributed by atoms with Crippen molar-refractivity contribution in [3.05, 3.63) is 42.5 Å². The summed E-state index contributed by atoms with van der Waals surface area (Å²) in [6, 6.07) is 7.30. The molecular weight excluding hydrogens is 618 g/mol. The smallest absolute Gasteiger partial charge is 0.459 e. The number of benzene rings is 1. The van der Waals surface area contributed by atoms with Crippen molar-refractivity contribution in [3.8, 4) is 5.75 Å². The number of nitrogens with zero attached hydrogens (tertiary/aromatic N) is 4. The Morgan fingerprint density at radius 3 is 2.64 bits per heavy atom. The molecule has 0 amide bonds. The van der Waals surface area contributed by atoms with Gasteiger partial charge in [0.1, 0.15) is 29.3 Å². The highest BCUT2D eigenvalue weighted by Crippen LogP contribution is 2.49. The summed E-state index contributed by atoms with van der Waals surface area (Å²) in [6.45, 7) is 5.84. The number of aromatic nitrogens is 4. The van der Waals surface area contributed by atoms with E-state index in [0.717, 1.165) is 19.3 Å². The maximum absolute atomic E-state index is 15.9. The van der Waals surface area contributed by atoms with Crippen molar-refractivity contribution < 1.29 is 37.4 Å². The monoisotopic (exact) mass is 654 g/mol. The molecule has 0 radical (unpaired) electrons. The minimum atomic E-state index is -4.36. The number of halogens is 2. The highest BCUT2D eigenvalue weighted by atomic mass is 35.5. The van der Waals surface area contributed by atoms with Crippen LogP contribution in [-0.2, 0) is 23.4 Å². The Balaban J connectivity index is 1.39. The number of fused-ring (bicyclic) bond motifs is 1. The van der Waals surface area contributed by atoms with E-state index in [0.29, 0.717) is 22.8 Å². The summed E-state index contributed by atoms with van der Waals surface area (Å²) >= 11 is 6.29. The van der Waals surface area contributed by atoms with Gasteiger partial charge in [-0.25, -0.2) is 23.9 Å². The highest BCUT2D eigenvalue weighted by Gasteiger charge is 2.57. The van der Waals surface area contributed by atoms with Crippen LogP contribution >= 0.6 is 19.3 Å². The molecule has 1 saturated heterocycles. The second kappa shape index (κ2) is 13.2. The Kier molecular flexibility index (Phi) is 9.78. The number of carbonyl (C=O) groups excluding carboxylic acids is 1. The quantitative estimate of drug-likeness (QED) is 0.135. The highest BCUT2D eigenvalue weighted by molar-refractivity contribution is 7.52. The van der Waals surface area contributed by atoms with Crippen molar-refractivity contribution in [3.63, 3.8) is 0 Å². The molecule has 0 bridgehead atoms. The number of esters is 1. The number of alkyl halides is 2. The van der Waals surface area contributed by atoms with E-state index in [1.54, 1.807) is 51.1 Å². The molecule has 6 atom stereocenters. The van der Waals surface area contributed by atoms with Crippen molar-refractivity contribution in [2.45, 2.75) is 89.2 Å². The van der Waals surface area contributed by atoms with Gasteiger partial charge in [-0.05, 0) is 59.1 Å². The number of para-hydroxylation sites is 1. The van der Waals surface area contributed by atoms with Gasteiger partial charge < -0.3 is 24.4 Å². The molecule has 1 saturated carbocycles. The lowest BCUT2D eigenvalue weighted by Crippen LogP contribution is -2.48. The average molecular weight is 655 g/mol. The first kappa shape index (κ1) is 32.5. The van der Waals surface area contributed by atoms with Gasteiger partial charge in [-0.1, -0.05) is 18.2 Å². The number of aryl methyl sites for hydroxylation is 1. The van der Waals surface area contributed by atoms with Gasteiger partial charge in [-0.3, -0.25) is 13.9 Å². The summed E-state index contributed by atoms with van der Waals surface area (Å²) in [7, 11) is -4.36. The lowest BCUT2D eigenvalue weighted by molar-refractivity contribution is -0.149. The number of ether oxygens (including phenoxy) is 2. The fraction of sp³-hybridized carbons (Fsp3) is 0.571. The molecule has 1 aliphatic carbocycles. The van der Waals surface area contributed by atoms with Crippen LogP contribution in [0.15, 0.2) is 36.7 Å². The summed E-state index contributed by atoms with van der Waals surface area (Å²) in [5.41, 5.74) is -1.13. The van der Waals surface area contributed by atoms with Gasteiger partial charge in [0.05, 0.1) is 24.9 Å². The molecule has 1 aliphatic heterocycles. The van der Waals surface area contributed by atoms with Gasteiger partial charge >= 0.3 is 13.7 Å². The molecular formula is C28H37ClFN6O7P. The SMILES string of the molecule is Cc1nc(NC2CCC2)c2ncn([C@@H]3O[C@](CCl)(CO[P@](=O)(N[C@@H](C)C(=O)OC(C)C)Oc4ccccc4)[C@@H](O)[C@H]3F)c2n1. The molecule has 16 heteroatoms. The molecule has 44 heavy (non-hydrogen) atoms. The molecule has 0 unspecified atom stereocenters. The predicted octanol–water partition coefficient (Wildman–Crippen LogP) is 4.44. The zero-order valence-corrected chi connectivity index (χ0v) is 26.5. The molecule has 3 heterocycles. The summed E-state index contributed by atoms with van der Waals surface area (Å²) in [5, 5.41) is 17.0. The van der Waals surface area contributed by atoms with Crippen LogP contribution in [-0.4, -0.2) is 79.1 Å². The van der Waals surface area contributed by atoms with E-state index in [1.165, 1.54) is 17.8 Å². The normalized spacial score (nSPS) is 25.9. The van der Waals surface area contributed by atoms with Crippen molar-refractivity contribution in [2.75, 3.05) is 17.8 Å². The zero-order valence-electron chi connectivity index (χ0n) is 24.9. The summed E-state index contributed by atoms with van der Waals surface area (Å²) in [5.74, 6) is 0.0255. The van der Waals surface area contributed by atoms with Gasteiger partial charge in [0, 0.05) is 6.04 Å². The van der Waals surface area contributed by atoms with E-state index in [4.69, 9.17) is 30.1 Å². The van der Waals surface area contributed by atoms with Crippen molar-refractivity contribution in [1.29, 1.82) is 0 Å². The third kappa shape index (κ3) is 6.85. The number of nitrogens with one attached hydrogen (secondary N) is 2. The lowest BCUT2D eigenvalue weighted by Gasteiger charge is -2.31. The molecule has 240 valence electrons. The molecule has 13 nitrogen and oxygen atoms in total. The number of hydrogen-bond acceptors (Lipinski definition) is 11. The number of carbonyl (C=O) groups is 1. The van der Waals surface area contributed by atoms with E-state index >= 15 is 4.39 Å². The van der Waals surface area contributed by atoms with E-state index in [-0.39, 0.29) is 11.8 Å².